The molecule has 3 rings (SSSR count). The van der Waals surface area contributed by atoms with Crippen molar-refractivity contribution >= 4 is 22.4 Å². The zero-order valence-corrected chi connectivity index (χ0v) is 13.7. The first-order chi connectivity index (χ1) is 11.2. The quantitative estimate of drug-likeness (QED) is 0.720. The molecule has 0 fully saturated rings. The second kappa shape index (κ2) is 7.15. The van der Waals surface area contributed by atoms with Crippen molar-refractivity contribution in [2.75, 3.05) is 4.90 Å². The molecule has 5 heteroatoms. The first-order valence-corrected chi connectivity index (χ1v) is 8.22. The van der Waals surface area contributed by atoms with Gasteiger partial charge in [0, 0.05) is 0 Å². The molecule has 0 saturated carbocycles. The molecule has 2 aromatic carbocycles. The molecule has 3 aromatic rings. The SMILES string of the molecule is Cc1nnc(N(Cc2ccccc2)C(=O)Cc2ccccc2)s1. The minimum Gasteiger partial charge on any atom is -0.282 e. The number of anilines is 1. The number of carbonyl (C=O) groups is 1. The average Bonchev–Trinajstić information content (AvgIpc) is 3.00. The normalized spacial score (nSPS) is 10.5. The van der Waals surface area contributed by atoms with Crippen molar-refractivity contribution in [1.82, 2.24) is 10.2 Å². The molecule has 0 aliphatic carbocycles. The van der Waals surface area contributed by atoms with Gasteiger partial charge in [0.15, 0.2) is 0 Å². The maximum Gasteiger partial charge on any atom is 0.233 e. The lowest BCUT2D eigenvalue weighted by Gasteiger charge is -2.19. The molecule has 1 amide bonds. The first-order valence-electron chi connectivity index (χ1n) is 7.41. The fourth-order valence-corrected chi connectivity index (χ4v) is 2.99. The predicted octanol–water partition coefficient (Wildman–Crippen LogP) is 3.62. The Kier molecular flexibility index (Phi) is 4.78. The van der Waals surface area contributed by atoms with E-state index in [1.165, 1.54) is 11.3 Å². The lowest BCUT2D eigenvalue weighted by Crippen LogP contribution is -2.31. The van der Waals surface area contributed by atoms with Crippen LogP contribution in [-0.4, -0.2) is 16.1 Å². The van der Waals surface area contributed by atoms with Crippen LogP contribution in [0.1, 0.15) is 16.1 Å². The number of hydrogen-bond acceptors (Lipinski definition) is 4. The molecule has 1 aromatic heterocycles. The van der Waals surface area contributed by atoms with Gasteiger partial charge >= 0.3 is 0 Å². The molecule has 4 nitrogen and oxygen atoms in total. The second-order valence-corrected chi connectivity index (χ2v) is 6.39. The van der Waals surface area contributed by atoms with E-state index in [1.807, 2.05) is 67.6 Å². The molecule has 0 aliphatic rings. The number of carbonyl (C=O) groups excluding carboxylic acids is 1. The van der Waals surface area contributed by atoms with Crippen molar-refractivity contribution in [3.63, 3.8) is 0 Å². The summed E-state index contributed by atoms with van der Waals surface area (Å²) in [7, 11) is 0. The highest BCUT2D eigenvalue weighted by molar-refractivity contribution is 7.15. The van der Waals surface area contributed by atoms with Gasteiger partial charge in [-0.25, -0.2) is 0 Å². The van der Waals surface area contributed by atoms with Crippen LogP contribution in [0.25, 0.3) is 0 Å². The first kappa shape index (κ1) is 15.4. The smallest absolute Gasteiger partial charge is 0.233 e. The monoisotopic (exact) mass is 323 g/mol. The molecule has 116 valence electrons. The molecular formula is C18H17N3OS. The van der Waals surface area contributed by atoms with Crippen LogP contribution < -0.4 is 4.90 Å². The van der Waals surface area contributed by atoms with Crippen LogP contribution >= 0.6 is 11.3 Å². The summed E-state index contributed by atoms with van der Waals surface area (Å²) in [5.41, 5.74) is 2.07. The number of benzene rings is 2. The summed E-state index contributed by atoms with van der Waals surface area (Å²) in [5, 5.41) is 9.69. The van der Waals surface area contributed by atoms with Crippen molar-refractivity contribution in [3.8, 4) is 0 Å². The minimum atomic E-state index is 0.0243. The van der Waals surface area contributed by atoms with Crippen LogP contribution in [-0.2, 0) is 17.8 Å². The lowest BCUT2D eigenvalue weighted by atomic mass is 10.1. The summed E-state index contributed by atoms with van der Waals surface area (Å²) in [5.74, 6) is 0.0243. The number of hydrogen-bond donors (Lipinski definition) is 0. The third-order valence-corrected chi connectivity index (χ3v) is 4.29. The molecule has 0 radical (unpaired) electrons. The highest BCUT2D eigenvalue weighted by atomic mass is 32.1. The van der Waals surface area contributed by atoms with E-state index in [2.05, 4.69) is 10.2 Å². The standard InChI is InChI=1S/C18H17N3OS/c1-14-19-20-18(23-14)21(13-16-10-6-3-7-11-16)17(22)12-15-8-4-2-5-9-15/h2-11H,12-13H2,1H3. The van der Waals surface area contributed by atoms with Crippen molar-refractivity contribution in [3.05, 3.63) is 76.8 Å². The molecule has 1 heterocycles. The number of aromatic nitrogens is 2. The van der Waals surface area contributed by atoms with Gasteiger partial charge in [0.25, 0.3) is 0 Å². The third kappa shape index (κ3) is 4.02. The third-order valence-electron chi connectivity index (χ3n) is 3.43. The fraction of sp³-hybridized carbons (Fsp3) is 0.167. The summed E-state index contributed by atoms with van der Waals surface area (Å²) in [6, 6.07) is 19.7. The second-order valence-electron chi connectivity index (χ2n) is 5.23. The van der Waals surface area contributed by atoms with Crippen molar-refractivity contribution < 1.29 is 4.79 Å². The summed E-state index contributed by atoms with van der Waals surface area (Å²) in [6.07, 6.45) is 0.353. The Morgan fingerprint density at radius 3 is 2.13 bits per heavy atom. The average molecular weight is 323 g/mol. The Hall–Kier alpha value is -2.53. The highest BCUT2D eigenvalue weighted by Gasteiger charge is 2.20. The van der Waals surface area contributed by atoms with Crippen molar-refractivity contribution in [2.24, 2.45) is 0 Å². The molecule has 23 heavy (non-hydrogen) atoms. The largest absolute Gasteiger partial charge is 0.282 e. The zero-order valence-electron chi connectivity index (χ0n) is 12.8. The summed E-state index contributed by atoms with van der Waals surface area (Å²) < 4.78 is 0. The zero-order chi connectivity index (χ0) is 16.1. The van der Waals surface area contributed by atoms with Crippen LogP contribution in [0.5, 0.6) is 0 Å². The molecular weight excluding hydrogens is 306 g/mol. The fourth-order valence-electron chi connectivity index (χ4n) is 2.29. The van der Waals surface area contributed by atoms with Crippen LogP contribution in [0.2, 0.25) is 0 Å². The number of amides is 1. The summed E-state index contributed by atoms with van der Waals surface area (Å²) in [6.45, 7) is 2.39. The number of nitrogens with zero attached hydrogens (tertiary/aromatic N) is 3. The van der Waals surface area contributed by atoms with E-state index in [-0.39, 0.29) is 5.91 Å². The van der Waals surface area contributed by atoms with Crippen molar-refractivity contribution in [2.45, 2.75) is 19.9 Å². The van der Waals surface area contributed by atoms with E-state index in [0.717, 1.165) is 16.1 Å². The van der Waals surface area contributed by atoms with Gasteiger partial charge in [-0.15, -0.1) is 10.2 Å². The van der Waals surface area contributed by atoms with Crippen LogP contribution in [0.3, 0.4) is 0 Å². The molecule has 0 aliphatic heterocycles. The van der Waals surface area contributed by atoms with E-state index in [9.17, 15) is 4.79 Å². The Labute approximate surface area is 139 Å². The van der Waals surface area contributed by atoms with E-state index in [4.69, 9.17) is 0 Å². The van der Waals surface area contributed by atoms with E-state index < -0.39 is 0 Å². The van der Waals surface area contributed by atoms with Crippen LogP contribution in [0, 0.1) is 6.92 Å². The van der Waals surface area contributed by atoms with E-state index >= 15 is 0 Å². The Morgan fingerprint density at radius 1 is 0.957 bits per heavy atom. The van der Waals surface area contributed by atoms with E-state index in [0.29, 0.717) is 18.1 Å². The van der Waals surface area contributed by atoms with Gasteiger partial charge in [-0.1, -0.05) is 72.0 Å². The molecule has 0 unspecified atom stereocenters. The number of aryl methyl sites for hydroxylation is 1. The van der Waals surface area contributed by atoms with Crippen molar-refractivity contribution in [1.29, 1.82) is 0 Å². The van der Waals surface area contributed by atoms with Gasteiger partial charge in [0.2, 0.25) is 11.0 Å². The molecule has 0 N–H and O–H groups in total. The van der Waals surface area contributed by atoms with Gasteiger partial charge in [0.1, 0.15) is 5.01 Å². The summed E-state index contributed by atoms with van der Waals surface area (Å²) in [4.78, 5) is 14.5. The molecule has 0 saturated heterocycles. The van der Waals surface area contributed by atoms with Crippen LogP contribution in [0.15, 0.2) is 60.7 Å². The molecule has 0 spiro atoms. The topological polar surface area (TPSA) is 46.1 Å². The predicted molar refractivity (Wildman–Crippen MR) is 92.4 cm³/mol. The van der Waals surface area contributed by atoms with Crippen LogP contribution in [0.4, 0.5) is 5.13 Å². The lowest BCUT2D eigenvalue weighted by molar-refractivity contribution is -0.118. The van der Waals surface area contributed by atoms with Gasteiger partial charge in [-0.3, -0.25) is 9.69 Å². The Bertz CT molecular complexity index is 771. The molecule has 0 atom stereocenters. The maximum absolute atomic E-state index is 12.8. The number of rotatable bonds is 5. The Balaban J connectivity index is 1.84. The van der Waals surface area contributed by atoms with Gasteiger partial charge in [0.05, 0.1) is 13.0 Å². The van der Waals surface area contributed by atoms with Gasteiger partial charge in [-0.2, -0.15) is 0 Å². The maximum atomic E-state index is 12.8. The van der Waals surface area contributed by atoms with Gasteiger partial charge < -0.3 is 0 Å². The summed E-state index contributed by atoms with van der Waals surface area (Å²) >= 11 is 1.44. The Morgan fingerprint density at radius 2 is 1.57 bits per heavy atom. The minimum absolute atomic E-state index is 0.0243. The van der Waals surface area contributed by atoms with E-state index in [1.54, 1.807) is 4.90 Å². The molecule has 0 bridgehead atoms. The highest BCUT2D eigenvalue weighted by Crippen LogP contribution is 2.22. The van der Waals surface area contributed by atoms with Gasteiger partial charge in [-0.05, 0) is 18.1 Å².